The molecule has 2 amide bonds. The van der Waals surface area contributed by atoms with E-state index in [0.29, 0.717) is 12.4 Å². The normalized spacial score (nSPS) is 14.6. The topological polar surface area (TPSA) is 79.3 Å². The van der Waals surface area contributed by atoms with Crippen molar-refractivity contribution < 1.29 is 9.53 Å². The maximum Gasteiger partial charge on any atom is 0.320 e. The van der Waals surface area contributed by atoms with E-state index >= 15 is 0 Å². The second-order valence-corrected chi connectivity index (χ2v) is 8.66. The molecule has 3 heterocycles. The van der Waals surface area contributed by atoms with Gasteiger partial charge in [0.05, 0.1) is 22.8 Å². The van der Waals surface area contributed by atoms with E-state index in [1.165, 1.54) is 0 Å². The van der Waals surface area contributed by atoms with E-state index in [9.17, 15) is 4.79 Å². The van der Waals surface area contributed by atoms with Crippen molar-refractivity contribution in [2.75, 3.05) is 56.2 Å². The van der Waals surface area contributed by atoms with Crippen molar-refractivity contribution in [1.82, 2.24) is 14.5 Å². The van der Waals surface area contributed by atoms with Gasteiger partial charge in [-0.3, -0.25) is 9.80 Å². The summed E-state index contributed by atoms with van der Waals surface area (Å²) in [7, 11) is 1.72. The Hall–Kier alpha value is -2.78. The highest BCUT2D eigenvalue weighted by atomic mass is 79.9. The number of methoxy groups -OCH3 is 1. The zero-order chi connectivity index (χ0) is 22.5. The van der Waals surface area contributed by atoms with Crippen molar-refractivity contribution in [3.8, 4) is 5.75 Å². The van der Waals surface area contributed by atoms with Gasteiger partial charge in [-0.15, -0.1) is 5.10 Å². The summed E-state index contributed by atoms with van der Waals surface area (Å²) in [6.07, 6.45) is 3.70. The van der Waals surface area contributed by atoms with Gasteiger partial charge in [-0.2, -0.15) is 0 Å². The van der Waals surface area contributed by atoms with Crippen molar-refractivity contribution in [1.29, 1.82) is 0 Å². The molecule has 0 unspecified atom stereocenters. The average Bonchev–Trinajstić information content (AvgIpc) is 3.15. The second-order valence-electron chi connectivity index (χ2n) is 7.87. The predicted octanol–water partition coefficient (Wildman–Crippen LogP) is 3.59. The third-order valence-electron chi connectivity index (χ3n) is 5.89. The van der Waals surface area contributed by atoms with Gasteiger partial charge in [0.25, 0.3) is 0 Å². The standard InChI is InChI=1S/C23H29BrN6O2/c1-32-20-10-3-2-8-18(20)28-16-14-27(15-17-28)11-6-7-12-29(23(25)31)22-21(24)19-9-4-5-13-30(19)26-22/h2-5,8-10,13H,6-7,11-12,14-17H2,1H3,(H2,25,31). The highest BCUT2D eigenvalue weighted by molar-refractivity contribution is 9.10. The van der Waals surface area contributed by atoms with Crippen LogP contribution < -0.4 is 20.3 Å². The number of benzene rings is 1. The number of hydrogen-bond donors (Lipinski definition) is 1. The number of nitrogens with zero attached hydrogens (tertiary/aromatic N) is 5. The molecule has 1 aliphatic heterocycles. The van der Waals surface area contributed by atoms with Crippen molar-refractivity contribution >= 4 is 39.0 Å². The molecule has 9 heteroatoms. The van der Waals surface area contributed by atoms with E-state index in [1.807, 2.05) is 36.5 Å². The zero-order valence-corrected chi connectivity index (χ0v) is 19.9. The Morgan fingerprint density at radius 1 is 1.12 bits per heavy atom. The van der Waals surface area contributed by atoms with E-state index in [2.05, 4.69) is 43.0 Å². The number of nitrogens with two attached hydrogens (primary N) is 1. The fraction of sp³-hybridized carbons (Fsp3) is 0.391. The molecule has 1 aliphatic rings. The highest BCUT2D eigenvalue weighted by Gasteiger charge is 2.22. The molecular weight excluding hydrogens is 472 g/mol. The third-order valence-corrected chi connectivity index (χ3v) is 6.65. The quantitative estimate of drug-likeness (QED) is 0.478. The maximum atomic E-state index is 12.1. The lowest BCUT2D eigenvalue weighted by molar-refractivity contribution is 0.248. The molecule has 170 valence electrons. The largest absolute Gasteiger partial charge is 0.495 e. The van der Waals surface area contributed by atoms with Crippen LogP contribution in [0, 0.1) is 0 Å². The number of rotatable bonds is 8. The van der Waals surface area contributed by atoms with Gasteiger partial charge in [0, 0.05) is 38.9 Å². The molecule has 32 heavy (non-hydrogen) atoms. The number of amides is 2. The molecule has 1 fully saturated rings. The second kappa shape index (κ2) is 10.2. The first-order chi connectivity index (χ1) is 15.6. The van der Waals surface area contributed by atoms with E-state index in [4.69, 9.17) is 10.5 Å². The average molecular weight is 501 g/mol. The van der Waals surface area contributed by atoms with Crippen LogP contribution in [0.15, 0.2) is 53.1 Å². The minimum absolute atomic E-state index is 0.487. The molecule has 0 aliphatic carbocycles. The number of unbranched alkanes of at least 4 members (excludes halogenated alkanes) is 1. The van der Waals surface area contributed by atoms with Gasteiger partial charge in [-0.1, -0.05) is 18.2 Å². The summed E-state index contributed by atoms with van der Waals surface area (Å²) in [6, 6.07) is 13.5. The van der Waals surface area contributed by atoms with Gasteiger partial charge in [0.15, 0.2) is 5.82 Å². The summed E-state index contributed by atoms with van der Waals surface area (Å²) >= 11 is 3.57. The molecule has 0 atom stereocenters. The highest BCUT2D eigenvalue weighted by Crippen LogP contribution is 2.30. The number of hydrogen-bond acceptors (Lipinski definition) is 5. The zero-order valence-electron chi connectivity index (χ0n) is 18.3. The van der Waals surface area contributed by atoms with Gasteiger partial charge in [-0.25, -0.2) is 9.31 Å². The molecule has 3 aromatic rings. The summed E-state index contributed by atoms with van der Waals surface area (Å²) in [5.41, 5.74) is 7.73. The number of piperazine rings is 1. The Balaban J connectivity index is 1.27. The number of pyridine rings is 1. The molecule has 0 spiro atoms. The molecule has 4 rings (SSSR count). The van der Waals surface area contributed by atoms with Gasteiger partial charge in [0.2, 0.25) is 0 Å². The number of para-hydroxylation sites is 2. The monoisotopic (exact) mass is 500 g/mol. The maximum absolute atomic E-state index is 12.1. The van der Waals surface area contributed by atoms with Gasteiger partial charge in [0.1, 0.15) is 5.75 Å². The molecule has 2 N–H and O–H groups in total. The van der Waals surface area contributed by atoms with Crippen LogP contribution in [-0.2, 0) is 0 Å². The molecule has 2 aromatic heterocycles. The number of halogens is 1. The summed E-state index contributed by atoms with van der Waals surface area (Å²) in [5.74, 6) is 1.49. The fourth-order valence-electron chi connectivity index (χ4n) is 4.16. The third kappa shape index (κ3) is 4.83. The van der Waals surface area contributed by atoms with Crippen molar-refractivity contribution in [2.45, 2.75) is 12.8 Å². The van der Waals surface area contributed by atoms with Crippen LogP contribution in [0.3, 0.4) is 0 Å². The molecular formula is C23H29BrN6O2. The van der Waals surface area contributed by atoms with Gasteiger partial charge in [-0.05, 0) is 59.6 Å². The van der Waals surface area contributed by atoms with Crippen LogP contribution in [0.1, 0.15) is 12.8 Å². The first kappa shape index (κ1) is 22.4. The van der Waals surface area contributed by atoms with Crippen molar-refractivity contribution in [3.05, 3.63) is 53.1 Å². The smallest absolute Gasteiger partial charge is 0.320 e. The van der Waals surface area contributed by atoms with Crippen LogP contribution in [0.25, 0.3) is 5.52 Å². The number of carbonyl (C=O) groups is 1. The van der Waals surface area contributed by atoms with E-state index in [-0.39, 0.29) is 0 Å². The molecule has 8 nitrogen and oxygen atoms in total. The summed E-state index contributed by atoms with van der Waals surface area (Å²) < 4.78 is 8.03. The fourth-order valence-corrected chi connectivity index (χ4v) is 4.76. The molecule has 0 radical (unpaired) electrons. The lowest BCUT2D eigenvalue weighted by atomic mass is 10.2. The first-order valence-electron chi connectivity index (χ1n) is 10.9. The Kier molecular flexibility index (Phi) is 7.16. The van der Waals surface area contributed by atoms with Crippen LogP contribution >= 0.6 is 15.9 Å². The summed E-state index contributed by atoms with van der Waals surface area (Å²) in [5, 5.41) is 4.52. The summed E-state index contributed by atoms with van der Waals surface area (Å²) in [6.45, 7) is 5.51. The number of primary amides is 1. The number of ether oxygens (including phenoxy) is 1. The van der Waals surface area contributed by atoms with Crippen molar-refractivity contribution in [2.24, 2.45) is 5.73 Å². The minimum Gasteiger partial charge on any atom is -0.495 e. The SMILES string of the molecule is COc1ccccc1N1CCN(CCCCN(C(N)=O)c2nn3ccccc3c2Br)CC1. The van der Waals surface area contributed by atoms with Crippen LogP contribution in [-0.4, -0.2) is 66.9 Å². The van der Waals surface area contributed by atoms with Gasteiger partial charge < -0.3 is 15.4 Å². The lowest BCUT2D eigenvalue weighted by Gasteiger charge is -2.36. The van der Waals surface area contributed by atoms with Gasteiger partial charge >= 0.3 is 6.03 Å². The van der Waals surface area contributed by atoms with E-state index in [0.717, 1.165) is 67.0 Å². The number of anilines is 2. The Bertz CT molecular complexity index is 1060. The Morgan fingerprint density at radius 3 is 2.59 bits per heavy atom. The van der Waals surface area contributed by atoms with Crippen LogP contribution in [0.2, 0.25) is 0 Å². The van der Waals surface area contributed by atoms with E-state index in [1.54, 1.807) is 16.5 Å². The molecule has 0 saturated carbocycles. The molecule has 1 aromatic carbocycles. The Labute approximate surface area is 196 Å². The number of aromatic nitrogens is 2. The van der Waals surface area contributed by atoms with Crippen molar-refractivity contribution in [3.63, 3.8) is 0 Å². The molecule has 0 bridgehead atoms. The number of urea groups is 1. The van der Waals surface area contributed by atoms with Crippen LogP contribution in [0.5, 0.6) is 5.75 Å². The van der Waals surface area contributed by atoms with Crippen LogP contribution in [0.4, 0.5) is 16.3 Å². The Morgan fingerprint density at radius 2 is 1.88 bits per heavy atom. The summed E-state index contributed by atoms with van der Waals surface area (Å²) in [4.78, 5) is 18.5. The lowest BCUT2D eigenvalue weighted by Crippen LogP contribution is -2.46. The molecule has 1 saturated heterocycles. The minimum atomic E-state index is -0.487. The van der Waals surface area contributed by atoms with E-state index < -0.39 is 6.03 Å². The number of carbonyl (C=O) groups excluding carboxylic acids is 1. The first-order valence-corrected chi connectivity index (χ1v) is 11.7. The number of fused-ring (bicyclic) bond motifs is 1. The predicted molar refractivity (Wildman–Crippen MR) is 131 cm³/mol.